The number of benzene rings is 1. The molecule has 2 aliphatic heterocycles. The van der Waals surface area contributed by atoms with Crippen molar-refractivity contribution < 1.29 is 9.59 Å². The number of carbonyl (C=O) groups is 2. The van der Waals surface area contributed by atoms with Crippen molar-refractivity contribution >= 4 is 29.1 Å². The highest BCUT2D eigenvalue weighted by Crippen LogP contribution is 2.33. The number of nitrogens with zero attached hydrogens (tertiary/aromatic N) is 3. The van der Waals surface area contributed by atoms with Crippen molar-refractivity contribution in [2.75, 3.05) is 31.1 Å². The fraction of sp³-hybridized carbons (Fsp3) is 0.500. The van der Waals surface area contributed by atoms with Crippen LogP contribution in [0, 0.1) is 0 Å². The first-order valence-corrected chi connectivity index (χ1v) is 9.87. The van der Waals surface area contributed by atoms with Crippen LogP contribution in [0.3, 0.4) is 0 Å². The van der Waals surface area contributed by atoms with Crippen molar-refractivity contribution in [2.45, 2.75) is 38.1 Å². The molecule has 26 heavy (non-hydrogen) atoms. The van der Waals surface area contributed by atoms with Crippen molar-refractivity contribution in [3.05, 3.63) is 41.1 Å². The number of para-hydroxylation sites is 1. The van der Waals surface area contributed by atoms with Crippen molar-refractivity contribution in [2.24, 2.45) is 0 Å². The largest absolute Gasteiger partial charge is 0.368 e. The van der Waals surface area contributed by atoms with Crippen LogP contribution in [0.2, 0.25) is 0 Å². The minimum absolute atomic E-state index is 0.0145. The number of hydrogen-bond donors (Lipinski definition) is 0. The van der Waals surface area contributed by atoms with Crippen LogP contribution in [0.1, 0.15) is 32.1 Å². The lowest BCUT2D eigenvalue weighted by Crippen LogP contribution is -2.48. The lowest BCUT2D eigenvalue weighted by molar-refractivity contribution is -0.141. The number of rotatable bonds is 3. The van der Waals surface area contributed by atoms with Crippen molar-refractivity contribution in [1.82, 2.24) is 9.80 Å². The molecule has 0 bridgehead atoms. The van der Waals surface area contributed by atoms with Gasteiger partial charge in [0.05, 0.1) is 0 Å². The Labute approximate surface area is 159 Å². The fourth-order valence-electron chi connectivity index (χ4n) is 4.28. The minimum Gasteiger partial charge on any atom is -0.368 e. The van der Waals surface area contributed by atoms with Crippen LogP contribution in [-0.4, -0.2) is 53.8 Å². The third kappa shape index (κ3) is 3.09. The lowest BCUT2D eigenvalue weighted by Gasteiger charge is -2.38. The summed E-state index contributed by atoms with van der Waals surface area (Å²) in [4.78, 5) is 31.3. The molecule has 138 valence electrons. The molecule has 4 rings (SSSR count). The Kier molecular flexibility index (Phi) is 4.90. The van der Waals surface area contributed by atoms with Gasteiger partial charge in [-0.25, -0.2) is 0 Å². The third-order valence-corrected chi connectivity index (χ3v) is 6.03. The van der Waals surface area contributed by atoms with Gasteiger partial charge in [0.15, 0.2) is 0 Å². The lowest BCUT2D eigenvalue weighted by atomic mass is 9.94. The highest BCUT2D eigenvalue weighted by molar-refractivity contribution is 6.47. The average Bonchev–Trinajstić information content (AvgIpc) is 2.92. The topological polar surface area (TPSA) is 43.9 Å². The zero-order valence-corrected chi connectivity index (χ0v) is 15.6. The molecule has 0 atom stereocenters. The summed E-state index contributed by atoms with van der Waals surface area (Å²) in [6.45, 7) is 3.00. The van der Waals surface area contributed by atoms with Gasteiger partial charge in [-0.1, -0.05) is 49.1 Å². The SMILES string of the molecule is O=C1C(Cl)=C(N2CCN(c3ccccc3)CC2)C(=O)N1C1CCCCC1. The van der Waals surface area contributed by atoms with Gasteiger partial charge >= 0.3 is 0 Å². The molecule has 0 spiro atoms. The molecule has 1 aliphatic carbocycles. The summed E-state index contributed by atoms with van der Waals surface area (Å²) >= 11 is 6.34. The van der Waals surface area contributed by atoms with E-state index in [1.807, 2.05) is 23.1 Å². The van der Waals surface area contributed by atoms with E-state index in [1.54, 1.807) is 0 Å². The molecular weight excluding hydrogens is 350 g/mol. The van der Waals surface area contributed by atoms with Gasteiger partial charge < -0.3 is 9.80 Å². The molecule has 0 aromatic heterocycles. The Morgan fingerprint density at radius 2 is 1.42 bits per heavy atom. The Balaban J connectivity index is 1.46. The summed E-state index contributed by atoms with van der Waals surface area (Å²) in [5.41, 5.74) is 1.60. The van der Waals surface area contributed by atoms with Gasteiger partial charge in [-0.3, -0.25) is 14.5 Å². The van der Waals surface area contributed by atoms with E-state index in [4.69, 9.17) is 11.6 Å². The second-order valence-electron chi connectivity index (χ2n) is 7.24. The van der Waals surface area contributed by atoms with Gasteiger partial charge in [-0.15, -0.1) is 0 Å². The van der Waals surface area contributed by atoms with Crippen LogP contribution >= 0.6 is 11.6 Å². The smallest absolute Gasteiger partial charge is 0.279 e. The van der Waals surface area contributed by atoms with Gasteiger partial charge in [0.25, 0.3) is 11.8 Å². The van der Waals surface area contributed by atoms with Crippen LogP contribution in [0.4, 0.5) is 5.69 Å². The van der Waals surface area contributed by atoms with Crippen LogP contribution in [0.25, 0.3) is 0 Å². The molecule has 1 saturated heterocycles. The van der Waals surface area contributed by atoms with Gasteiger partial charge in [0.1, 0.15) is 10.7 Å². The van der Waals surface area contributed by atoms with Crippen LogP contribution in [0.15, 0.2) is 41.1 Å². The van der Waals surface area contributed by atoms with Crippen LogP contribution in [0.5, 0.6) is 0 Å². The van der Waals surface area contributed by atoms with E-state index in [2.05, 4.69) is 17.0 Å². The standard InChI is InChI=1S/C20H24ClN3O2/c21-17-18(20(26)24(19(17)25)16-9-5-2-6-10-16)23-13-11-22(12-14-23)15-7-3-1-4-8-15/h1,3-4,7-8,16H,2,5-6,9-14H2. The molecule has 2 heterocycles. The molecule has 0 N–H and O–H groups in total. The minimum atomic E-state index is -0.302. The summed E-state index contributed by atoms with van der Waals surface area (Å²) in [7, 11) is 0. The zero-order chi connectivity index (χ0) is 18.1. The maximum absolute atomic E-state index is 13.0. The second-order valence-corrected chi connectivity index (χ2v) is 7.62. The van der Waals surface area contributed by atoms with Crippen molar-refractivity contribution in [3.8, 4) is 0 Å². The van der Waals surface area contributed by atoms with E-state index < -0.39 is 0 Å². The number of carbonyl (C=O) groups excluding carboxylic acids is 2. The maximum atomic E-state index is 13.0. The fourth-order valence-corrected chi connectivity index (χ4v) is 4.57. The van der Waals surface area contributed by atoms with Crippen LogP contribution in [-0.2, 0) is 9.59 Å². The molecule has 1 saturated carbocycles. The highest BCUT2D eigenvalue weighted by Gasteiger charge is 2.44. The quantitative estimate of drug-likeness (QED) is 0.764. The van der Waals surface area contributed by atoms with E-state index in [0.717, 1.165) is 38.8 Å². The second kappa shape index (κ2) is 7.31. The van der Waals surface area contributed by atoms with Crippen molar-refractivity contribution in [1.29, 1.82) is 0 Å². The molecule has 0 unspecified atom stereocenters. The molecule has 1 aromatic rings. The summed E-state index contributed by atoms with van der Waals surface area (Å²) in [6.07, 6.45) is 5.13. The van der Waals surface area contributed by atoms with E-state index in [9.17, 15) is 9.59 Å². The molecular formula is C20H24ClN3O2. The van der Waals surface area contributed by atoms with Crippen molar-refractivity contribution in [3.63, 3.8) is 0 Å². The monoisotopic (exact) mass is 373 g/mol. The molecule has 2 amide bonds. The predicted octanol–water partition coefficient (Wildman–Crippen LogP) is 2.96. The average molecular weight is 374 g/mol. The highest BCUT2D eigenvalue weighted by atomic mass is 35.5. The molecule has 2 fully saturated rings. The maximum Gasteiger partial charge on any atom is 0.279 e. The van der Waals surface area contributed by atoms with E-state index in [1.165, 1.54) is 17.0 Å². The number of imide groups is 1. The van der Waals surface area contributed by atoms with Crippen LogP contribution < -0.4 is 4.90 Å². The first kappa shape index (κ1) is 17.4. The number of anilines is 1. The first-order chi connectivity index (χ1) is 12.7. The Morgan fingerprint density at radius 1 is 0.808 bits per heavy atom. The number of hydrogen-bond acceptors (Lipinski definition) is 4. The summed E-state index contributed by atoms with van der Waals surface area (Å²) < 4.78 is 0. The van der Waals surface area contributed by atoms with E-state index in [0.29, 0.717) is 18.8 Å². The number of halogens is 1. The van der Waals surface area contributed by atoms with Gasteiger partial charge in [0.2, 0.25) is 0 Å². The summed E-state index contributed by atoms with van der Waals surface area (Å²) in [5, 5.41) is 0.105. The number of amides is 2. The van der Waals surface area contributed by atoms with Gasteiger partial charge in [0, 0.05) is 37.9 Å². The molecule has 0 radical (unpaired) electrons. The van der Waals surface area contributed by atoms with Gasteiger partial charge in [-0.2, -0.15) is 0 Å². The van der Waals surface area contributed by atoms with E-state index >= 15 is 0 Å². The Hall–Kier alpha value is -2.01. The molecule has 6 heteroatoms. The summed E-state index contributed by atoms with van der Waals surface area (Å²) in [6, 6.07) is 10.3. The summed E-state index contributed by atoms with van der Waals surface area (Å²) in [5.74, 6) is -0.496. The third-order valence-electron chi connectivity index (χ3n) is 5.69. The van der Waals surface area contributed by atoms with Gasteiger partial charge in [-0.05, 0) is 25.0 Å². The molecule has 3 aliphatic rings. The molecule has 1 aromatic carbocycles. The van der Waals surface area contributed by atoms with E-state index in [-0.39, 0.29) is 22.9 Å². The Bertz CT molecular complexity index is 720. The Morgan fingerprint density at radius 3 is 2.08 bits per heavy atom. The first-order valence-electron chi connectivity index (χ1n) is 9.49. The predicted molar refractivity (Wildman–Crippen MR) is 102 cm³/mol. The molecule has 5 nitrogen and oxygen atoms in total. The number of piperazine rings is 1. The zero-order valence-electron chi connectivity index (χ0n) is 14.9. The normalized spacial score (nSPS) is 22.6.